The van der Waals surface area contributed by atoms with Crippen LogP contribution in [0.3, 0.4) is 0 Å². The fraction of sp³-hybridized carbons (Fsp3) is 0.536. The van der Waals surface area contributed by atoms with Crippen LogP contribution in [0.1, 0.15) is 44.1 Å². The van der Waals surface area contributed by atoms with E-state index in [0.29, 0.717) is 35.3 Å². The van der Waals surface area contributed by atoms with Crippen molar-refractivity contribution < 1.29 is 9.13 Å². The minimum atomic E-state index is -0.407. The first kappa shape index (κ1) is 22.4. The summed E-state index contributed by atoms with van der Waals surface area (Å²) < 4.78 is 22.5. The molecule has 36 heavy (non-hydrogen) atoms. The number of fused-ring (bicyclic) bond motifs is 4. The van der Waals surface area contributed by atoms with Crippen LogP contribution in [0.4, 0.5) is 10.2 Å². The number of ether oxygens (including phenoxy) is 1. The molecule has 0 radical (unpaired) electrons. The molecular formula is C28H33FN6O. The molecule has 4 fully saturated rings. The second kappa shape index (κ2) is 8.63. The van der Waals surface area contributed by atoms with E-state index in [2.05, 4.69) is 25.1 Å². The fourth-order valence-corrected chi connectivity index (χ4v) is 6.98. The number of anilines is 1. The molecule has 3 aromatic rings. The van der Waals surface area contributed by atoms with E-state index in [-0.39, 0.29) is 11.5 Å². The Labute approximate surface area is 211 Å². The Balaban J connectivity index is 1.31. The van der Waals surface area contributed by atoms with Crippen molar-refractivity contribution in [2.75, 3.05) is 37.7 Å². The third-order valence-corrected chi connectivity index (χ3v) is 8.84. The van der Waals surface area contributed by atoms with E-state index in [4.69, 9.17) is 9.72 Å². The predicted molar refractivity (Wildman–Crippen MR) is 138 cm³/mol. The highest BCUT2D eigenvalue weighted by Gasteiger charge is 2.45. The first-order chi connectivity index (χ1) is 17.6. The molecule has 0 aliphatic carbocycles. The topological polar surface area (TPSA) is 66.4 Å². The van der Waals surface area contributed by atoms with Gasteiger partial charge in [-0.15, -0.1) is 0 Å². The molecule has 2 aromatic heterocycles. The minimum Gasteiger partial charge on any atom is -0.461 e. The van der Waals surface area contributed by atoms with Gasteiger partial charge in [0, 0.05) is 36.9 Å². The molecule has 7 nitrogen and oxygen atoms in total. The number of rotatable bonds is 5. The number of aryl methyl sites for hydroxylation is 1. The second-order valence-corrected chi connectivity index (χ2v) is 11.1. The van der Waals surface area contributed by atoms with Gasteiger partial charge in [-0.05, 0) is 64.1 Å². The highest BCUT2D eigenvalue weighted by Crippen LogP contribution is 2.40. The maximum atomic E-state index is 16.1. The summed E-state index contributed by atoms with van der Waals surface area (Å²) in [4.78, 5) is 19.0. The van der Waals surface area contributed by atoms with Crippen LogP contribution in [-0.2, 0) is 0 Å². The molecule has 8 heteroatoms. The van der Waals surface area contributed by atoms with Gasteiger partial charge >= 0.3 is 6.01 Å². The third-order valence-electron chi connectivity index (χ3n) is 8.84. The Kier molecular flexibility index (Phi) is 5.36. The smallest absolute Gasteiger partial charge is 0.319 e. The van der Waals surface area contributed by atoms with Gasteiger partial charge in [0.15, 0.2) is 5.82 Å². The zero-order valence-corrected chi connectivity index (χ0v) is 20.8. The molecule has 6 heterocycles. The van der Waals surface area contributed by atoms with Gasteiger partial charge in [-0.1, -0.05) is 24.3 Å². The van der Waals surface area contributed by atoms with E-state index in [0.717, 1.165) is 68.8 Å². The molecule has 1 N–H and O–H groups in total. The largest absolute Gasteiger partial charge is 0.461 e. The molecule has 1 aromatic carbocycles. The van der Waals surface area contributed by atoms with Crippen LogP contribution < -0.4 is 15.0 Å². The summed E-state index contributed by atoms with van der Waals surface area (Å²) >= 11 is 0. The molecule has 0 saturated carbocycles. The van der Waals surface area contributed by atoms with Crippen LogP contribution in [0.5, 0.6) is 6.01 Å². The summed E-state index contributed by atoms with van der Waals surface area (Å²) in [6, 6.07) is 8.91. The Morgan fingerprint density at radius 3 is 2.58 bits per heavy atom. The predicted octanol–water partition coefficient (Wildman–Crippen LogP) is 4.09. The Morgan fingerprint density at radius 2 is 1.83 bits per heavy atom. The zero-order valence-electron chi connectivity index (χ0n) is 20.8. The first-order valence-corrected chi connectivity index (χ1v) is 13.4. The van der Waals surface area contributed by atoms with Gasteiger partial charge in [-0.2, -0.15) is 9.97 Å². The molecule has 0 amide bonds. The van der Waals surface area contributed by atoms with Crippen molar-refractivity contribution in [2.24, 2.45) is 0 Å². The van der Waals surface area contributed by atoms with Crippen molar-refractivity contribution >= 4 is 16.7 Å². The molecule has 2 atom stereocenters. The number of benzene rings is 1. The lowest BCUT2D eigenvalue weighted by Crippen LogP contribution is -2.51. The van der Waals surface area contributed by atoms with E-state index in [1.807, 2.05) is 31.2 Å². The monoisotopic (exact) mass is 488 g/mol. The summed E-state index contributed by atoms with van der Waals surface area (Å²) in [5, 5.41) is 4.33. The normalized spacial score (nSPS) is 25.0. The molecule has 0 spiro atoms. The number of hydrogen-bond acceptors (Lipinski definition) is 7. The van der Waals surface area contributed by atoms with Crippen LogP contribution in [0.2, 0.25) is 0 Å². The average molecular weight is 489 g/mol. The number of aromatic nitrogens is 3. The molecule has 4 aliphatic rings. The average Bonchev–Trinajstić information content (AvgIpc) is 3.57. The van der Waals surface area contributed by atoms with Crippen molar-refractivity contribution in [3.8, 4) is 17.3 Å². The summed E-state index contributed by atoms with van der Waals surface area (Å²) in [7, 11) is 0. The number of hydrogen-bond donors (Lipinski definition) is 1. The van der Waals surface area contributed by atoms with Gasteiger partial charge in [0.05, 0.1) is 10.9 Å². The van der Waals surface area contributed by atoms with Crippen LogP contribution in [-0.4, -0.2) is 70.3 Å². The van der Waals surface area contributed by atoms with E-state index in [9.17, 15) is 0 Å². The van der Waals surface area contributed by atoms with Gasteiger partial charge in [0.25, 0.3) is 0 Å². The van der Waals surface area contributed by atoms with Crippen molar-refractivity contribution in [1.29, 1.82) is 0 Å². The van der Waals surface area contributed by atoms with Gasteiger partial charge < -0.3 is 15.0 Å². The number of nitrogens with zero attached hydrogens (tertiary/aromatic N) is 5. The van der Waals surface area contributed by atoms with Crippen LogP contribution in [0, 0.1) is 12.7 Å². The lowest BCUT2D eigenvalue weighted by molar-refractivity contribution is 0.108. The second-order valence-electron chi connectivity index (χ2n) is 11.1. The molecule has 4 aliphatic heterocycles. The molecule has 188 valence electrons. The maximum Gasteiger partial charge on any atom is 0.319 e. The Bertz CT molecular complexity index is 1290. The fourth-order valence-electron chi connectivity index (χ4n) is 6.98. The maximum absolute atomic E-state index is 16.1. The standard InChI is InChI=1S/C28H33FN6O/c1-18-6-2-3-7-21(18)24-23(29)25-22(14-30-24)26(34-15-19-8-9-20(16-34)31-19)33-27(32-25)36-17-28-10-4-12-35(28)13-5-11-28/h2-3,6-7,14,19-20,31H,4-5,8-13,15-17H2,1H3/t19-,20+. The van der Waals surface area contributed by atoms with Crippen molar-refractivity contribution in [1.82, 2.24) is 25.2 Å². The summed E-state index contributed by atoms with van der Waals surface area (Å²) in [5.74, 6) is 0.332. The highest BCUT2D eigenvalue weighted by molar-refractivity contribution is 5.92. The van der Waals surface area contributed by atoms with Gasteiger partial charge in [0.1, 0.15) is 23.6 Å². The summed E-state index contributed by atoms with van der Waals surface area (Å²) in [5.41, 5.74) is 2.46. The van der Waals surface area contributed by atoms with Crippen molar-refractivity contribution in [3.05, 3.63) is 41.8 Å². The van der Waals surface area contributed by atoms with Crippen molar-refractivity contribution in [2.45, 2.75) is 63.1 Å². The Morgan fingerprint density at radius 1 is 1.08 bits per heavy atom. The minimum absolute atomic E-state index is 0.0791. The molecule has 7 rings (SSSR count). The summed E-state index contributed by atoms with van der Waals surface area (Å²) in [6.07, 6.45) is 8.77. The van der Waals surface area contributed by atoms with Gasteiger partial charge in [-0.25, -0.2) is 4.39 Å². The first-order valence-electron chi connectivity index (χ1n) is 13.4. The van der Waals surface area contributed by atoms with E-state index in [1.165, 1.54) is 12.8 Å². The van der Waals surface area contributed by atoms with E-state index < -0.39 is 5.82 Å². The van der Waals surface area contributed by atoms with Crippen LogP contribution in [0.25, 0.3) is 22.2 Å². The molecule has 0 unspecified atom stereocenters. The zero-order chi connectivity index (χ0) is 24.3. The molecule has 4 saturated heterocycles. The van der Waals surface area contributed by atoms with E-state index in [1.54, 1.807) is 6.20 Å². The molecular weight excluding hydrogens is 455 g/mol. The summed E-state index contributed by atoms with van der Waals surface area (Å²) in [6.45, 7) is 6.50. The number of nitrogens with one attached hydrogen (secondary N) is 1. The van der Waals surface area contributed by atoms with Crippen LogP contribution >= 0.6 is 0 Å². The van der Waals surface area contributed by atoms with Gasteiger partial charge in [-0.3, -0.25) is 9.88 Å². The van der Waals surface area contributed by atoms with Gasteiger partial charge in [0.2, 0.25) is 0 Å². The SMILES string of the molecule is Cc1ccccc1-c1ncc2c(N3C[C@H]4CC[C@@H](C3)N4)nc(OCC34CCCN3CCC4)nc2c1F. The number of pyridine rings is 1. The lowest BCUT2D eigenvalue weighted by Gasteiger charge is -2.34. The number of halogens is 1. The number of piperazine rings is 1. The van der Waals surface area contributed by atoms with Crippen LogP contribution in [0.15, 0.2) is 30.5 Å². The molecule has 2 bridgehead atoms. The third kappa shape index (κ3) is 3.65. The Hall–Kier alpha value is -2.84. The van der Waals surface area contributed by atoms with Crippen molar-refractivity contribution in [3.63, 3.8) is 0 Å². The quantitative estimate of drug-likeness (QED) is 0.580. The highest BCUT2D eigenvalue weighted by atomic mass is 19.1. The lowest BCUT2D eigenvalue weighted by atomic mass is 9.95. The van der Waals surface area contributed by atoms with E-state index >= 15 is 4.39 Å².